The average molecular weight is 508 g/mol. The number of nitrogens with zero attached hydrogens (tertiary/aromatic N) is 1. The molecule has 0 aliphatic carbocycles. The summed E-state index contributed by atoms with van der Waals surface area (Å²) < 4.78 is 21.6. The lowest BCUT2D eigenvalue weighted by Gasteiger charge is -2.26. The third kappa shape index (κ3) is 4.09. The van der Waals surface area contributed by atoms with Gasteiger partial charge in [-0.2, -0.15) is 0 Å². The highest BCUT2D eigenvalue weighted by atomic mass is 35.5. The van der Waals surface area contributed by atoms with E-state index in [0.717, 1.165) is 5.56 Å². The number of amides is 1. The van der Waals surface area contributed by atoms with Crippen LogP contribution in [0.1, 0.15) is 22.7 Å². The monoisotopic (exact) mass is 507 g/mol. The van der Waals surface area contributed by atoms with E-state index in [1.54, 1.807) is 54.6 Å². The summed E-state index contributed by atoms with van der Waals surface area (Å²) in [5.41, 5.74) is 1.46. The van der Waals surface area contributed by atoms with E-state index < -0.39 is 17.7 Å². The average Bonchev–Trinajstić information content (AvgIpc) is 3.46. The summed E-state index contributed by atoms with van der Waals surface area (Å²) in [7, 11) is 2.97. The molecule has 3 aromatic rings. The number of ether oxygens (including phenoxy) is 4. The Morgan fingerprint density at radius 2 is 1.83 bits per heavy atom. The Kier molecular flexibility index (Phi) is 6.20. The molecule has 8 nitrogen and oxygen atoms in total. The standard InChI is InChI=1S/C27H22ClNO7/c1-33-18-5-3-4-16(11-18)24-23(25(30)19-12-17(28)7-9-20(19)34-2)26(31)27(32)29(24)13-15-6-8-21-22(10-15)36-14-35-21/h3-12,24,30H,13-14H2,1-2H3/b25-23+. The van der Waals surface area contributed by atoms with Crippen LogP contribution in [0.5, 0.6) is 23.0 Å². The zero-order chi connectivity index (χ0) is 25.4. The highest BCUT2D eigenvalue weighted by Crippen LogP contribution is 2.43. The lowest BCUT2D eigenvalue weighted by molar-refractivity contribution is -0.140. The number of hydrogen-bond donors (Lipinski definition) is 1. The third-order valence-electron chi connectivity index (χ3n) is 6.16. The molecule has 0 spiro atoms. The van der Waals surface area contributed by atoms with Crippen LogP contribution in [0.25, 0.3) is 5.76 Å². The summed E-state index contributed by atoms with van der Waals surface area (Å²) in [5, 5.41) is 11.7. The van der Waals surface area contributed by atoms with Crippen molar-refractivity contribution in [1.29, 1.82) is 0 Å². The maximum absolute atomic E-state index is 13.4. The molecule has 9 heteroatoms. The zero-order valence-corrected chi connectivity index (χ0v) is 20.2. The van der Waals surface area contributed by atoms with Gasteiger partial charge in [0.25, 0.3) is 11.7 Å². The van der Waals surface area contributed by atoms with Crippen LogP contribution < -0.4 is 18.9 Å². The van der Waals surface area contributed by atoms with E-state index in [-0.39, 0.29) is 30.2 Å². The highest BCUT2D eigenvalue weighted by molar-refractivity contribution is 6.46. The minimum absolute atomic E-state index is 0.0745. The third-order valence-corrected chi connectivity index (χ3v) is 6.39. The molecule has 5 rings (SSSR count). The Morgan fingerprint density at radius 1 is 1.03 bits per heavy atom. The van der Waals surface area contributed by atoms with Crippen LogP contribution in [-0.4, -0.2) is 42.7 Å². The summed E-state index contributed by atoms with van der Waals surface area (Å²) in [6, 6.07) is 16.1. The molecule has 0 bridgehead atoms. The number of rotatable bonds is 6. The molecule has 0 saturated carbocycles. The van der Waals surface area contributed by atoms with Crippen molar-refractivity contribution in [2.75, 3.05) is 21.0 Å². The molecule has 36 heavy (non-hydrogen) atoms. The largest absolute Gasteiger partial charge is 0.507 e. The number of benzene rings is 3. The van der Waals surface area contributed by atoms with Crippen LogP contribution in [0.3, 0.4) is 0 Å². The lowest BCUT2D eigenvalue weighted by Crippen LogP contribution is -2.29. The number of aliphatic hydroxyl groups excluding tert-OH is 1. The van der Waals surface area contributed by atoms with Crippen molar-refractivity contribution in [3.8, 4) is 23.0 Å². The van der Waals surface area contributed by atoms with Gasteiger partial charge in [0.2, 0.25) is 6.79 Å². The van der Waals surface area contributed by atoms with E-state index in [1.807, 2.05) is 0 Å². The van der Waals surface area contributed by atoms with Gasteiger partial charge in [0.05, 0.1) is 31.4 Å². The second-order valence-electron chi connectivity index (χ2n) is 8.24. The number of halogens is 1. The second kappa shape index (κ2) is 9.47. The molecule has 1 atom stereocenters. The topological polar surface area (TPSA) is 94.5 Å². The predicted octanol–water partition coefficient (Wildman–Crippen LogP) is 4.71. The van der Waals surface area contributed by atoms with Crippen molar-refractivity contribution in [2.24, 2.45) is 0 Å². The van der Waals surface area contributed by atoms with E-state index in [2.05, 4.69) is 0 Å². The summed E-state index contributed by atoms with van der Waals surface area (Å²) >= 11 is 6.17. The van der Waals surface area contributed by atoms with Crippen LogP contribution in [0, 0.1) is 0 Å². The SMILES string of the molecule is COc1cccc(C2/C(=C(\O)c3cc(Cl)ccc3OC)C(=O)C(=O)N2Cc2ccc3c(c2)OCO3)c1. The molecule has 0 aromatic heterocycles. The number of fused-ring (bicyclic) bond motifs is 1. The number of hydrogen-bond acceptors (Lipinski definition) is 7. The smallest absolute Gasteiger partial charge is 0.295 e. The molecule has 2 heterocycles. The number of Topliss-reactive ketones (excluding diaryl/α,β-unsaturated/α-hetero) is 1. The molecule has 1 amide bonds. The van der Waals surface area contributed by atoms with Crippen molar-refractivity contribution in [3.63, 3.8) is 0 Å². The van der Waals surface area contributed by atoms with Crippen LogP contribution in [0.2, 0.25) is 5.02 Å². The molecular weight excluding hydrogens is 486 g/mol. The van der Waals surface area contributed by atoms with Gasteiger partial charge < -0.3 is 29.0 Å². The summed E-state index contributed by atoms with van der Waals surface area (Å²) in [4.78, 5) is 28.1. The van der Waals surface area contributed by atoms with Crippen molar-refractivity contribution < 1.29 is 33.6 Å². The van der Waals surface area contributed by atoms with Gasteiger partial charge in [-0.15, -0.1) is 0 Å². The molecule has 1 saturated heterocycles. The first-order valence-corrected chi connectivity index (χ1v) is 11.4. The van der Waals surface area contributed by atoms with Gasteiger partial charge in [-0.3, -0.25) is 9.59 Å². The summed E-state index contributed by atoms with van der Waals surface area (Å²) in [5.74, 6) is 0.0773. The first-order chi connectivity index (χ1) is 17.4. The summed E-state index contributed by atoms with van der Waals surface area (Å²) in [6.45, 7) is 0.209. The van der Waals surface area contributed by atoms with Crippen molar-refractivity contribution >= 4 is 29.1 Å². The Labute approximate surface area is 212 Å². The van der Waals surface area contributed by atoms with E-state index >= 15 is 0 Å². The quantitative estimate of drug-likeness (QED) is 0.293. The minimum atomic E-state index is -0.894. The molecule has 1 fully saturated rings. The molecule has 2 aliphatic heterocycles. The minimum Gasteiger partial charge on any atom is -0.507 e. The fourth-order valence-corrected chi connectivity index (χ4v) is 4.62. The van der Waals surface area contributed by atoms with Gasteiger partial charge in [-0.1, -0.05) is 29.8 Å². The maximum atomic E-state index is 13.4. The predicted molar refractivity (Wildman–Crippen MR) is 131 cm³/mol. The number of carbonyl (C=O) groups excluding carboxylic acids is 2. The Hall–Kier alpha value is -4.17. The molecular formula is C27H22ClNO7. The number of aliphatic hydroxyl groups is 1. The lowest BCUT2D eigenvalue weighted by atomic mass is 9.94. The maximum Gasteiger partial charge on any atom is 0.295 e. The number of carbonyl (C=O) groups is 2. The van der Waals surface area contributed by atoms with Gasteiger partial charge in [-0.05, 0) is 53.6 Å². The van der Waals surface area contributed by atoms with Crippen molar-refractivity contribution in [3.05, 3.63) is 87.9 Å². The first-order valence-electron chi connectivity index (χ1n) is 11.1. The van der Waals surface area contributed by atoms with Crippen LogP contribution >= 0.6 is 11.6 Å². The number of ketones is 1. The fraction of sp³-hybridized carbons (Fsp3) is 0.185. The van der Waals surface area contributed by atoms with E-state index in [9.17, 15) is 14.7 Å². The van der Waals surface area contributed by atoms with Crippen LogP contribution in [0.15, 0.2) is 66.2 Å². The van der Waals surface area contributed by atoms with Gasteiger partial charge in [0.15, 0.2) is 11.5 Å². The normalized spacial score (nSPS) is 18.0. The van der Waals surface area contributed by atoms with Crippen molar-refractivity contribution in [2.45, 2.75) is 12.6 Å². The van der Waals surface area contributed by atoms with E-state index in [4.69, 9.17) is 30.5 Å². The second-order valence-corrected chi connectivity index (χ2v) is 8.67. The summed E-state index contributed by atoms with van der Waals surface area (Å²) in [6.07, 6.45) is 0. The first kappa shape index (κ1) is 23.6. The molecule has 0 radical (unpaired) electrons. The van der Waals surface area contributed by atoms with Crippen LogP contribution in [-0.2, 0) is 16.1 Å². The van der Waals surface area contributed by atoms with E-state index in [0.29, 0.717) is 33.6 Å². The van der Waals surface area contributed by atoms with Gasteiger partial charge in [-0.25, -0.2) is 0 Å². The van der Waals surface area contributed by atoms with Gasteiger partial charge in [0, 0.05) is 11.6 Å². The molecule has 1 N–H and O–H groups in total. The Bertz CT molecular complexity index is 1400. The van der Waals surface area contributed by atoms with Gasteiger partial charge >= 0.3 is 0 Å². The van der Waals surface area contributed by atoms with Crippen LogP contribution in [0.4, 0.5) is 0 Å². The van der Waals surface area contributed by atoms with E-state index in [1.165, 1.54) is 25.2 Å². The highest BCUT2D eigenvalue weighted by Gasteiger charge is 2.46. The zero-order valence-electron chi connectivity index (χ0n) is 19.5. The van der Waals surface area contributed by atoms with Crippen molar-refractivity contribution in [1.82, 2.24) is 4.90 Å². The Balaban J connectivity index is 1.66. The Morgan fingerprint density at radius 3 is 2.61 bits per heavy atom. The number of methoxy groups -OCH3 is 2. The molecule has 1 unspecified atom stereocenters. The molecule has 3 aromatic carbocycles. The molecule has 184 valence electrons. The van der Waals surface area contributed by atoms with Gasteiger partial charge in [0.1, 0.15) is 17.3 Å². The number of likely N-dealkylation sites (tertiary alicyclic amines) is 1. The fourth-order valence-electron chi connectivity index (χ4n) is 4.45. The molecule has 2 aliphatic rings.